The normalized spacial score (nSPS) is 11.4. The van der Waals surface area contributed by atoms with Crippen LogP contribution in [0, 0.1) is 12.7 Å². The molecule has 0 unspecified atom stereocenters. The van der Waals surface area contributed by atoms with Gasteiger partial charge in [0.1, 0.15) is 5.82 Å². The summed E-state index contributed by atoms with van der Waals surface area (Å²) < 4.78 is 36.9. The minimum atomic E-state index is -3.89. The summed E-state index contributed by atoms with van der Waals surface area (Å²) in [4.78, 5) is 16.2. The fraction of sp³-hybridized carbons (Fsp3) is 0.118. The lowest BCUT2D eigenvalue weighted by atomic mass is 10.2. The van der Waals surface area contributed by atoms with Gasteiger partial charge in [-0.1, -0.05) is 30.0 Å². The van der Waals surface area contributed by atoms with Crippen molar-refractivity contribution in [2.45, 2.75) is 17.0 Å². The van der Waals surface area contributed by atoms with E-state index in [4.69, 9.17) is 5.14 Å². The molecule has 1 heterocycles. The highest BCUT2D eigenvalue weighted by Gasteiger charge is 2.14. The summed E-state index contributed by atoms with van der Waals surface area (Å²) in [7, 11) is -3.89. The van der Waals surface area contributed by atoms with Crippen LogP contribution in [-0.2, 0) is 14.8 Å². The Labute approximate surface area is 164 Å². The zero-order chi connectivity index (χ0) is 20.3. The van der Waals surface area contributed by atoms with Crippen LogP contribution in [0.1, 0.15) is 5.56 Å². The second kappa shape index (κ2) is 8.09. The quantitative estimate of drug-likeness (QED) is 0.524. The molecule has 0 saturated heterocycles. The highest BCUT2D eigenvalue weighted by molar-refractivity contribution is 7.99. The number of aryl methyl sites for hydroxylation is 1. The van der Waals surface area contributed by atoms with Crippen LogP contribution >= 0.6 is 11.8 Å². The maximum atomic E-state index is 13.8. The fourth-order valence-corrected chi connectivity index (χ4v) is 3.80. The molecule has 11 heteroatoms. The number of rotatable bonds is 6. The van der Waals surface area contributed by atoms with Gasteiger partial charge in [-0.2, -0.15) is 0 Å². The molecule has 8 nitrogen and oxygen atoms in total. The molecule has 2 aromatic carbocycles. The number of amides is 1. The lowest BCUT2D eigenvalue weighted by Crippen LogP contribution is -2.17. The first-order chi connectivity index (χ1) is 13.2. The summed E-state index contributed by atoms with van der Waals surface area (Å²) >= 11 is 1.05. The van der Waals surface area contributed by atoms with Crippen molar-refractivity contribution >= 4 is 33.4 Å². The number of carbonyl (C=O) groups excluding carboxylic acids is 1. The Morgan fingerprint density at radius 1 is 1.29 bits per heavy atom. The number of primary sulfonamides is 1. The number of nitrogens with zero attached hydrogens (tertiary/aromatic N) is 2. The first kappa shape index (κ1) is 20.0. The van der Waals surface area contributed by atoms with Crippen molar-refractivity contribution in [2.75, 3.05) is 11.1 Å². The summed E-state index contributed by atoms with van der Waals surface area (Å²) in [6.07, 6.45) is 0. The van der Waals surface area contributed by atoms with Crippen molar-refractivity contribution in [3.05, 3.63) is 53.8 Å². The number of hydrogen-bond acceptors (Lipinski definition) is 6. The number of carbonyl (C=O) groups is 1. The molecule has 0 spiro atoms. The Balaban J connectivity index is 1.64. The summed E-state index contributed by atoms with van der Waals surface area (Å²) in [5.41, 5.74) is 1.07. The van der Waals surface area contributed by atoms with Gasteiger partial charge in [-0.25, -0.2) is 22.9 Å². The van der Waals surface area contributed by atoms with Crippen LogP contribution in [0.15, 0.2) is 52.5 Å². The Bertz CT molecular complexity index is 1130. The maximum Gasteiger partial charge on any atom is 0.238 e. The van der Waals surface area contributed by atoms with Gasteiger partial charge in [-0.3, -0.25) is 9.89 Å². The molecule has 1 aromatic heterocycles. The molecule has 0 saturated carbocycles. The van der Waals surface area contributed by atoms with Gasteiger partial charge in [-0.05, 0) is 36.8 Å². The van der Waals surface area contributed by atoms with Crippen LogP contribution in [0.25, 0.3) is 11.4 Å². The fourth-order valence-electron chi connectivity index (χ4n) is 2.40. The zero-order valence-electron chi connectivity index (χ0n) is 14.6. The molecule has 0 radical (unpaired) electrons. The van der Waals surface area contributed by atoms with Crippen LogP contribution in [0.2, 0.25) is 0 Å². The predicted octanol–water partition coefficient (Wildman–Crippen LogP) is 2.30. The summed E-state index contributed by atoms with van der Waals surface area (Å²) in [6, 6.07) is 10.6. The van der Waals surface area contributed by atoms with Crippen molar-refractivity contribution < 1.29 is 17.6 Å². The van der Waals surface area contributed by atoms with Crippen molar-refractivity contribution in [1.29, 1.82) is 0 Å². The van der Waals surface area contributed by atoms with E-state index in [1.165, 1.54) is 12.1 Å². The molecule has 28 heavy (non-hydrogen) atoms. The number of nitrogens with one attached hydrogen (secondary N) is 2. The molecule has 4 N–H and O–H groups in total. The highest BCUT2D eigenvalue weighted by atomic mass is 32.2. The van der Waals surface area contributed by atoms with Gasteiger partial charge < -0.3 is 5.32 Å². The molecule has 0 aliphatic rings. The number of aromatic nitrogens is 3. The van der Waals surface area contributed by atoms with Crippen molar-refractivity contribution in [3.63, 3.8) is 0 Å². The number of sulfonamides is 1. The van der Waals surface area contributed by atoms with Crippen LogP contribution < -0.4 is 10.5 Å². The molecule has 0 atom stereocenters. The minimum Gasteiger partial charge on any atom is -0.325 e. The van der Waals surface area contributed by atoms with E-state index in [1.807, 2.05) is 0 Å². The third-order valence-corrected chi connectivity index (χ3v) is 5.60. The third-order valence-electron chi connectivity index (χ3n) is 3.70. The van der Waals surface area contributed by atoms with E-state index < -0.39 is 15.8 Å². The van der Waals surface area contributed by atoms with E-state index >= 15 is 0 Å². The molecule has 3 rings (SSSR count). The molecule has 0 aliphatic heterocycles. The van der Waals surface area contributed by atoms with Crippen LogP contribution in [-0.4, -0.2) is 35.3 Å². The van der Waals surface area contributed by atoms with Gasteiger partial charge in [0.25, 0.3) is 0 Å². The second-order valence-electron chi connectivity index (χ2n) is 5.81. The van der Waals surface area contributed by atoms with Crippen LogP contribution in [0.3, 0.4) is 0 Å². The van der Waals surface area contributed by atoms with E-state index in [0.29, 0.717) is 11.3 Å². The molecule has 0 aliphatic carbocycles. The lowest BCUT2D eigenvalue weighted by molar-refractivity contribution is -0.113. The van der Waals surface area contributed by atoms with E-state index in [2.05, 4.69) is 20.5 Å². The first-order valence-corrected chi connectivity index (χ1v) is 10.5. The number of halogens is 1. The lowest BCUT2D eigenvalue weighted by Gasteiger charge is -2.08. The number of benzene rings is 2. The first-order valence-electron chi connectivity index (χ1n) is 7.97. The van der Waals surface area contributed by atoms with Gasteiger partial charge in [-0.15, -0.1) is 5.10 Å². The van der Waals surface area contributed by atoms with Gasteiger partial charge in [0, 0.05) is 5.69 Å². The topological polar surface area (TPSA) is 131 Å². The Kier molecular flexibility index (Phi) is 5.77. The molecule has 0 fully saturated rings. The molecule has 3 aromatic rings. The molecule has 1 amide bonds. The number of nitrogens with two attached hydrogens (primary N) is 1. The van der Waals surface area contributed by atoms with E-state index in [1.54, 1.807) is 37.3 Å². The van der Waals surface area contributed by atoms with Gasteiger partial charge in [0.2, 0.25) is 21.1 Å². The zero-order valence-corrected chi connectivity index (χ0v) is 16.3. The van der Waals surface area contributed by atoms with Crippen molar-refractivity contribution in [3.8, 4) is 11.4 Å². The maximum absolute atomic E-state index is 13.8. The largest absolute Gasteiger partial charge is 0.325 e. The SMILES string of the molecule is Cc1ccc(NC(=O)CSc2n[nH]c(-c3ccccc3F)n2)cc1S(N)(=O)=O. The van der Waals surface area contributed by atoms with E-state index in [-0.39, 0.29) is 33.1 Å². The smallest absolute Gasteiger partial charge is 0.238 e. The van der Waals surface area contributed by atoms with E-state index in [9.17, 15) is 17.6 Å². The van der Waals surface area contributed by atoms with Crippen molar-refractivity contribution in [1.82, 2.24) is 15.2 Å². The number of thioether (sulfide) groups is 1. The Hall–Kier alpha value is -2.76. The van der Waals surface area contributed by atoms with Gasteiger partial charge >= 0.3 is 0 Å². The number of H-pyrrole nitrogens is 1. The Morgan fingerprint density at radius 3 is 2.75 bits per heavy atom. The number of aromatic amines is 1. The van der Waals surface area contributed by atoms with Crippen LogP contribution in [0.4, 0.5) is 10.1 Å². The average Bonchev–Trinajstić information content (AvgIpc) is 3.10. The summed E-state index contributed by atoms with van der Waals surface area (Å²) in [6.45, 7) is 1.61. The predicted molar refractivity (Wildman–Crippen MR) is 104 cm³/mol. The van der Waals surface area contributed by atoms with Gasteiger partial charge in [0.15, 0.2) is 5.82 Å². The molecule has 146 valence electrons. The number of hydrogen-bond donors (Lipinski definition) is 3. The highest BCUT2D eigenvalue weighted by Crippen LogP contribution is 2.22. The van der Waals surface area contributed by atoms with Crippen molar-refractivity contribution in [2.24, 2.45) is 5.14 Å². The monoisotopic (exact) mass is 421 g/mol. The van der Waals surface area contributed by atoms with E-state index in [0.717, 1.165) is 11.8 Å². The minimum absolute atomic E-state index is 0.0207. The second-order valence-corrected chi connectivity index (χ2v) is 8.28. The average molecular weight is 421 g/mol. The Morgan fingerprint density at radius 2 is 2.04 bits per heavy atom. The van der Waals surface area contributed by atoms with Gasteiger partial charge in [0.05, 0.1) is 16.2 Å². The number of anilines is 1. The molecular formula is C17H16FN5O3S2. The van der Waals surface area contributed by atoms with Crippen LogP contribution in [0.5, 0.6) is 0 Å². The molecular weight excluding hydrogens is 405 g/mol. The summed E-state index contributed by atoms with van der Waals surface area (Å²) in [5.74, 6) is -0.575. The summed E-state index contributed by atoms with van der Waals surface area (Å²) in [5, 5.41) is 14.6. The third kappa shape index (κ3) is 4.74. The molecule has 0 bridgehead atoms. The standard InChI is InChI=1S/C17H16FN5O3S2/c1-10-6-7-11(8-14(10)28(19,25)26)20-15(24)9-27-17-21-16(22-23-17)12-4-2-3-5-13(12)18/h2-8H,9H2,1H3,(H,20,24)(H2,19,25,26)(H,21,22,23).